The zero-order valence-electron chi connectivity index (χ0n) is 15.4. The van der Waals surface area contributed by atoms with Gasteiger partial charge in [-0.25, -0.2) is 4.90 Å². The van der Waals surface area contributed by atoms with Gasteiger partial charge in [0.25, 0.3) is 0 Å². The van der Waals surface area contributed by atoms with E-state index in [1.807, 2.05) is 60.7 Å². The number of anilines is 1. The molecule has 1 saturated heterocycles. The Kier molecular flexibility index (Phi) is 3.63. The van der Waals surface area contributed by atoms with Crippen molar-refractivity contribution in [2.45, 2.75) is 5.41 Å². The second-order valence-corrected chi connectivity index (χ2v) is 7.27. The molecule has 0 aromatic heterocycles. The van der Waals surface area contributed by atoms with Crippen LogP contribution < -0.4 is 9.64 Å². The molecule has 0 bridgehead atoms. The number of hydrogen-bond donors (Lipinski definition) is 0. The van der Waals surface area contributed by atoms with E-state index in [0.29, 0.717) is 11.4 Å². The molecular weight excluding hydrogens is 350 g/mol. The van der Waals surface area contributed by atoms with E-state index in [0.717, 1.165) is 11.1 Å². The predicted octanol–water partition coefficient (Wildman–Crippen LogP) is 3.80. The summed E-state index contributed by atoms with van der Waals surface area (Å²) in [6.45, 7) is 0. The number of imide groups is 1. The minimum absolute atomic E-state index is 0.132. The van der Waals surface area contributed by atoms with E-state index in [9.17, 15) is 9.59 Å². The van der Waals surface area contributed by atoms with Gasteiger partial charge < -0.3 is 4.74 Å². The van der Waals surface area contributed by atoms with Gasteiger partial charge in [-0.2, -0.15) is 0 Å². The molecule has 1 saturated carbocycles. The second-order valence-electron chi connectivity index (χ2n) is 7.27. The average molecular weight is 369 g/mol. The van der Waals surface area contributed by atoms with Gasteiger partial charge in [0.15, 0.2) is 0 Å². The number of carbonyl (C=O) groups is 2. The summed E-state index contributed by atoms with van der Waals surface area (Å²) in [7, 11) is 1.59. The van der Waals surface area contributed by atoms with Crippen molar-refractivity contribution in [2.24, 2.45) is 11.8 Å². The van der Waals surface area contributed by atoms with Gasteiger partial charge in [0, 0.05) is 5.41 Å². The van der Waals surface area contributed by atoms with E-state index in [4.69, 9.17) is 4.74 Å². The number of nitrogens with zero attached hydrogens (tertiary/aromatic N) is 1. The van der Waals surface area contributed by atoms with Gasteiger partial charge in [-0.05, 0) is 35.4 Å². The molecule has 4 nitrogen and oxygen atoms in total. The van der Waals surface area contributed by atoms with Crippen molar-refractivity contribution in [3.8, 4) is 5.75 Å². The van der Waals surface area contributed by atoms with Crippen LogP contribution in [0.3, 0.4) is 0 Å². The molecule has 1 aliphatic carbocycles. The Morgan fingerprint density at radius 2 is 1.18 bits per heavy atom. The standard InChI is InChI=1S/C24H19NO3/c1-28-19-14-12-18(13-15-19)25-22(26)20-21(23(25)27)24(20,16-8-4-2-5-9-16)17-10-6-3-7-11-17/h2-15,20-21H,1H3/t20-,21-/m0/s1. The van der Waals surface area contributed by atoms with E-state index in [2.05, 4.69) is 0 Å². The molecule has 0 spiro atoms. The first-order valence-electron chi connectivity index (χ1n) is 9.32. The van der Waals surface area contributed by atoms with E-state index < -0.39 is 5.41 Å². The number of methoxy groups -OCH3 is 1. The van der Waals surface area contributed by atoms with Crippen molar-refractivity contribution in [1.29, 1.82) is 0 Å². The largest absolute Gasteiger partial charge is 0.497 e. The third-order valence-electron chi connectivity index (χ3n) is 6.01. The summed E-state index contributed by atoms with van der Waals surface area (Å²) >= 11 is 0. The van der Waals surface area contributed by atoms with Crippen molar-refractivity contribution in [3.05, 3.63) is 96.1 Å². The number of piperidine rings is 1. The number of benzene rings is 3. The Hall–Kier alpha value is -3.40. The molecule has 0 N–H and O–H groups in total. The van der Waals surface area contributed by atoms with Crippen LogP contribution in [0, 0.1) is 11.8 Å². The van der Waals surface area contributed by atoms with Crippen LogP contribution in [0.25, 0.3) is 0 Å². The minimum Gasteiger partial charge on any atom is -0.497 e. The molecule has 2 atom stereocenters. The highest BCUT2D eigenvalue weighted by Crippen LogP contribution is 2.68. The lowest BCUT2D eigenvalue weighted by atomic mass is 9.83. The SMILES string of the molecule is COc1ccc(N2C(=O)[C@@H]3[C@@H](C2=O)C3(c2ccccc2)c2ccccc2)cc1. The van der Waals surface area contributed by atoms with Crippen LogP contribution in [-0.2, 0) is 15.0 Å². The summed E-state index contributed by atoms with van der Waals surface area (Å²) in [6, 6.07) is 26.9. The molecule has 1 heterocycles. The normalized spacial score (nSPS) is 22.1. The van der Waals surface area contributed by atoms with Crippen LogP contribution >= 0.6 is 0 Å². The molecule has 2 amide bonds. The smallest absolute Gasteiger partial charge is 0.239 e. The quantitative estimate of drug-likeness (QED) is 0.657. The fourth-order valence-electron chi connectivity index (χ4n) is 4.75. The van der Waals surface area contributed by atoms with Crippen LogP contribution in [0.2, 0.25) is 0 Å². The maximum Gasteiger partial charge on any atom is 0.239 e. The van der Waals surface area contributed by atoms with Gasteiger partial charge in [0.05, 0.1) is 24.6 Å². The molecule has 138 valence electrons. The number of hydrogen-bond acceptors (Lipinski definition) is 3. The zero-order chi connectivity index (χ0) is 19.3. The lowest BCUT2D eigenvalue weighted by Crippen LogP contribution is -2.39. The molecule has 0 unspecified atom stereocenters. The predicted molar refractivity (Wildman–Crippen MR) is 106 cm³/mol. The molecule has 0 radical (unpaired) electrons. The van der Waals surface area contributed by atoms with E-state index in [-0.39, 0.29) is 23.7 Å². The molecular formula is C24H19NO3. The van der Waals surface area contributed by atoms with E-state index >= 15 is 0 Å². The number of carbonyl (C=O) groups excluding carboxylic acids is 2. The number of rotatable bonds is 4. The summed E-state index contributed by atoms with van der Waals surface area (Å²) in [5.41, 5.74) is 2.07. The van der Waals surface area contributed by atoms with Crippen molar-refractivity contribution >= 4 is 17.5 Å². The molecule has 3 aromatic carbocycles. The lowest BCUT2D eigenvalue weighted by molar-refractivity contribution is -0.124. The van der Waals surface area contributed by atoms with Gasteiger partial charge in [0.2, 0.25) is 11.8 Å². The van der Waals surface area contributed by atoms with Crippen LogP contribution in [0.15, 0.2) is 84.9 Å². The Morgan fingerprint density at radius 3 is 1.61 bits per heavy atom. The summed E-state index contributed by atoms with van der Waals surface area (Å²) in [6.07, 6.45) is 0. The summed E-state index contributed by atoms with van der Waals surface area (Å²) < 4.78 is 5.18. The third-order valence-corrected chi connectivity index (χ3v) is 6.01. The van der Waals surface area contributed by atoms with Gasteiger partial charge in [-0.1, -0.05) is 60.7 Å². The first-order valence-corrected chi connectivity index (χ1v) is 9.32. The molecule has 4 heteroatoms. The van der Waals surface area contributed by atoms with Crippen molar-refractivity contribution in [3.63, 3.8) is 0 Å². The second kappa shape index (κ2) is 6.06. The number of ether oxygens (including phenoxy) is 1. The first kappa shape index (κ1) is 16.8. The summed E-state index contributed by atoms with van der Waals surface area (Å²) in [4.78, 5) is 28.0. The molecule has 1 aliphatic heterocycles. The Bertz CT molecular complexity index is 981. The van der Waals surface area contributed by atoms with Crippen LogP contribution in [0.1, 0.15) is 11.1 Å². The molecule has 2 aliphatic rings. The highest BCUT2D eigenvalue weighted by Gasteiger charge is 2.78. The highest BCUT2D eigenvalue weighted by molar-refractivity contribution is 6.27. The van der Waals surface area contributed by atoms with E-state index in [1.165, 1.54) is 4.90 Å². The highest BCUT2D eigenvalue weighted by atomic mass is 16.5. The molecule has 3 aromatic rings. The van der Waals surface area contributed by atoms with Crippen molar-refractivity contribution < 1.29 is 14.3 Å². The van der Waals surface area contributed by atoms with Crippen LogP contribution in [-0.4, -0.2) is 18.9 Å². The molecule has 2 fully saturated rings. The maximum absolute atomic E-state index is 13.3. The monoisotopic (exact) mass is 369 g/mol. The van der Waals surface area contributed by atoms with Gasteiger partial charge in [-0.15, -0.1) is 0 Å². The Morgan fingerprint density at radius 1 is 0.714 bits per heavy atom. The minimum atomic E-state index is -0.570. The molecule has 5 rings (SSSR count). The molecule has 28 heavy (non-hydrogen) atoms. The van der Waals surface area contributed by atoms with E-state index in [1.54, 1.807) is 31.4 Å². The Balaban J connectivity index is 1.58. The third kappa shape index (κ3) is 2.12. The van der Waals surface area contributed by atoms with Crippen LogP contribution in [0.4, 0.5) is 5.69 Å². The topological polar surface area (TPSA) is 46.6 Å². The number of fused-ring (bicyclic) bond motifs is 1. The number of amides is 2. The average Bonchev–Trinajstić information content (AvgIpc) is 3.39. The fraction of sp³-hybridized carbons (Fsp3) is 0.167. The van der Waals surface area contributed by atoms with Crippen molar-refractivity contribution in [1.82, 2.24) is 0 Å². The first-order chi connectivity index (χ1) is 13.7. The Labute approximate surface area is 163 Å². The van der Waals surface area contributed by atoms with Crippen molar-refractivity contribution in [2.75, 3.05) is 12.0 Å². The summed E-state index contributed by atoms with van der Waals surface area (Å²) in [5, 5.41) is 0. The zero-order valence-corrected chi connectivity index (χ0v) is 15.4. The van der Waals surface area contributed by atoms with Gasteiger partial charge >= 0.3 is 0 Å². The van der Waals surface area contributed by atoms with Gasteiger partial charge in [-0.3, -0.25) is 9.59 Å². The fourth-order valence-corrected chi connectivity index (χ4v) is 4.75. The van der Waals surface area contributed by atoms with Gasteiger partial charge in [0.1, 0.15) is 5.75 Å². The lowest BCUT2D eigenvalue weighted by Gasteiger charge is -2.26. The van der Waals surface area contributed by atoms with Crippen LogP contribution in [0.5, 0.6) is 5.75 Å². The maximum atomic E-state index is 13.3. The summed E-state index contributed by atoms with van der Waals surface area (Å²) in [5.74, 6) is -0.310.